The molecule has 1 N–H and O–H groups in total. The zero-order chi connectivity index (χ0) is 20.3. The van der Waals surface area contributed by atoms with E-state index >= 15 is 0 Å². The van der Waals surface area contributed by atoms with Gasteiger partial charge in [0.1, 0.15) is 11.4 Å². The van der Waals surface area contributed by atoms with E-state index in [9.17, 15) is 9.90 Å². The van der Waals surface area contributed by atoms with E-state index in [1.807, 2.05) is 34.6 Å². The molecule has 1 aromatic rings. The molecule has 5 nitrogen and oxygen atoms in total. The number of likely N-dealkylation sites (tertiary alicyclic amines) is 1. The molecule has 2 aliphatic rings. The van der Waals surface area contributed by atoms with Gasteiger partial charge in [0.2, 0.25) is 0 Å². The van der Waals surface area contributed by atoms with E-state index in [1.165, 1.54) is 17.7 Å². The number of hydrogen-bond donors (Lipinski definition) is 1. The van der Waals surface area contributed by atoms with Crippen LogP contribution in [-0.2, 0) is 0 Å². The van der Waals surface area contributed by atoms with Gasteiger partial charge in [-0.1, -0.05) is 0 Å². The van der Waals surface area contributed by atoms with Gasteiger partial charge in [-0.25, -0.2) is 4.79 Å². The summed E-state index contributed by atoms with van der Waals surface area (Å²) in [7, 11) is 0. The van der Waals surface area contributed by atoms with Crippen molar-refractivity contribution in [1.82, 2.24) is 4.90 Å². The summed E-state index contributed by atoms with van der Waals surface area (Å²) in [6, 6.07) is 0.126. The molecule has 3 rings (SSSR count). The van der Waals surface area contributed by atoms with Gasteiger partial charge in [-0.3, -0.25) is 9.80 Å². The van der Waals surface area contributed by atoms with Crippen LogP contribution >= 0.6 is 15.9 Å². The Hall–Kier alpha value is -1.27. The number of ether oxygens (including phenoxy) is 1. The number of benzene rings is 1. The SMILES string of the molecule is Cc1c(Br)c2c(c(C)c1N(C(=O)O)C(C)(C)C)C(N1CCCC1)C(C)(C)O2. The number of nitrogens with zero attached hydrogens (tertiary/aromatic N) is 2. The van der Waals surface area contributed by atoms with Crippen LogP contribution in [0.5, 0.6) is 5.75 Å². The largest absolute Gasteiger partial charge is 0.484 e. The van der Waals surface area contributed by atoms with E-state index in [4.69, 9.17) is 4.74 Å². The highest BCUT2D eigenvalue weighted by Crippen LogP contribution is 2.55. The summed E-state index contributed by atoms with van der Waals surface area (Å²) in [6.07, 6.45) is 1.46. The summed E-state index contributed by atoms with van der Waals surface area (Å²) >= 11 is 3.73. The maximum Gasteiger partial charge on any atom is 0.412 e. The highest BCUT2D eigenvalue weighted by atomic mass is 79.9. The van der Waals surface area contributed by atoms with Gasteiger partial charge >= 0.3 is 6.09 Å². The third-order valence-electron chi connectivity index (χ3n) is 5.78. The molecule has 27 heavy (non-hydrogen) atoms. The molecule has 1 amide bonds. The fraction of sp³-hybridized carbons (Fsp3) is 0.667. The number of hydrogen-bond acceptors (Lipinski definition) is 3. The molecule has 2 heterocycles. The zero-order valence-corrected chi connectivity index (χ0v) is 19.0. The molecule has 1 unspecified atom stereocenters. The molecule has 150 valence electrons. The van der Waals surface area contributed by atoms with Gasteiger partial charge in [0.15, 0.2) is 0 Å². The van der Waals surface area contributed by atoms with E-state index in [-0.39, 0.29) is 11.6 Å². The van der Waals surface area contributed by atoms with Crippen molar-refractivity contribution in [1.29, 1.82) is 0 Å². The van der Waals surface area contributed by atoms with Crippen LogP contribution in [0.3, 0.4) is 0 Å². The quantitative estimate of drug-likeness (QED) is 0.647. The second kappa shape index (κ2) is 6.66. The van der Waals surface area contributed by atoms with E-state index in [1.54, 1.807) is 0 Å². The molecule has 1 saturated heterocycles. The molecule has 0 aliphatic carbocycles. The normalized spacial score (nSPS) is 21.9. The number of carboxylic acid groups (broad SMARTS) is 1. The Kier molecular flexibility index (Phi) is 5.05. The van der Waals surface area contributed by atoms with Crippen LogP contribution in [0.25, 0.3) is 0 Å². The fourth-order valence-electron chi connectivity index (χ4n) is 4.74. The van der Waals surface area contributed by atoms with Gasteiger partial charge in [0, 0.05) is 11.1 Å². The number of fused-ring (bicyclic) bond motifs is 1. The van der Waals surface area contributed by atoms with Crippen LogP contribution in [-0.4, -0.2) is 40.3 Å². The van der Waals surface area contributed by atoms with Gasteiger partial charge in [-0.15, -0.1) is 0 Å². The first-order chi connectivity index (χ1) is 12.4. The Labute approximate surface area is 170 Å². The Morgan fingerprint density at radius 1 is 1.22 bits per heavy atom. The summed E-state index contributed by atoms with van der Waals surface area (Å²) < 4.78 is 7.30. The van der Waals surface area contributed by atoms with Gasteiger partial charge in [0.25, 0.3) is 0 Å². The zero-order valence-electron chi connectivity index (χ0n) is 17.4. The lowest BCUT2D eigenvalue weighted by atomic mass is 9.88. The minimum Gasteiger partial charge on any atom is -0.484 e. The van der Waals surface area contributed by atoms with Crippen LogP contribution in [0.4, 0.5) is 10.5 Å². The predicted molar refractivity (Wildman–Crippen MR) is 112 cm³/mol. The smallest absolute Gasteiger partial charge is 0.412 e. The Balaban J connectivity index is 2.28. The molecule has 0 saturated carbocycles. The van der Waals surface area contributed by atoms with Crippen LogP contribution < -0.4 is 9.64 Å². The van der Waals surface area contributed by atoms with Gasteiger partial charge in [-0.2, -0.15) is 0 Å². The minimum absolute atomic E-state index is 0.126. The first kappa shape index (κ1) is 20.5. The summed E-state index contributed by atoms with van der Waals surface area (Å²) in [6.45, 7) is 16.2. The van der Waals surface area contributed by atoms with Crippen LogP contribution in [0.15, 0.2) is 4.47 Å². The second-order valence-corrected chi connectivity index (χ2v) is 10.1. The van der Waals surface area contributed by atoms with Crippen molar-refractivity contribution in [3.05, 3.63) is 21.2 Å². The molecule has 0 radical (unpaired) electrons. The van der Waals surface area contributed by atoms with E-state index in [0.717, 1.165) is 45.7 Å². The molecule has 0 aromatic heterocycles. The first-order valence-electron chi connectivity index (χ1n) is 9.66. The lowest BCUT2D eigenvalue weighted by Gasteiger charge is -2.37. The third-order valence-corrected chi connectivity index (χ3v) is 6.73. The number of carbonyl (C=O) groups is 1. The summed E-state index contributed by atoms with van der Waals surface area (Å²) in [5.41, 5.74) is 2.90. The topological polar surface area (TPSA) is 53.0 Å². The highest BCUT2D eigenvalue weighted by Gasteiger charge is 2.48. The fourth-order valence-corrected chi connectivity index (χ4v) is 5.22. The van der Waals surface area contributed by atoms with Crippen molar-refractivity contribution in [2.75, 3.05) is 18.0 Å². The maximum atomic E-state index is 12.2. The van der Waals surface area contributed by atoms with Crippen molar-refractivity contribution >= 4 is 27.7 Å². The van der Waals surface area contributed by atoms with Crippen LogP contribution in [0.1, 0.15) is 70.2 Å². The third kappa shape index (κ3) is 3.25. The van der Waals surface area contributed by atoms with E-state index in [0.29, 0.717) is 0 Å². The molecule has 1 fully saturated rings. The summed E-state index contributed by atoms with van der Waals surface area (Å²) in [4.78, 5) is 16.2. The average molecular weight is 439 g/mol. The number of rotatable bonds is 2. The van der Waals surface area contributed by atoms with E-state index in [2.05, 4.69) is 34.7 Å². The van der Waals surface area contributed by atoms with Gasteiger partial charge < -0.3 is 9.84 Å². The number of halogens is 1. The second-order valence-electron chi connectivity index (χ2n) is 9.30. The van der Waals surface area contributed by atoms with Crippen molar-refractivity contribution in [2.24, 2.45) is 0 Å². The lowest BCUT2D eigenvalue weighted by molar-refractivity contribution is 0.0395. The molecule has 1 atom stereocenters. The Morgan fingerprint density at radius 3 is 2.26 bits per heavy atom. The van der Waals surface area contributed by atoms with Crippen molar-refractivity contribution in [2.45, 2.75) is 78.5 Å². The number of anilines is 1. The molecule has 1 aromatic carbocycles. The Bertz CT molecular complexity index is 777. The van der Waals surface area contributed by atoms with Crippen molar-refractivity contribution in [3.8, 4) is 5.75 Å². The maximum absolute atomic E-state index is 12.2. The van der Waals surface area contributed by atoms with Crippen LogP contribution in [0, 0.1) is 13.8 Å². The molecule has 0 spiro atoms. The molecule has 2 aliphatic heterocycles. The summed E-state index contributed by atoms with van der Waals surface area (Å²) in [5, 5.41) is 10.00. The van der Waals surface area contributed by atoms with Gasteiger partial charge in [0.05, 0.1) is 16.2 Å². The standard InChI is InChI=1S/C21H31BrN2O3/c1-12-14-17(27-21(6,7)18(14)23-10-8-9-11-23)15(22)13(2)16(12)24(19(25)26)20(3,4)5/h18H,8-11H2,1-7H3,(H,25,26). The first-order valence-corrected chi connectivity index (χ1v) is 10.5. The highest BCUT2D eigenvalue weighted by molar-refractivity contribution is 9.10. The number of amides is 1. The van der Waals surface area contributed by atoms with E-state index < -0.39 is 11.6 Å². The Morgan fingerprint density at radius 2 is 1.78 bits per heavy atom. The van der Waals surface area contributed by atoms with Crippen molar-refractivity contribution in [3.63, 3.8) is 0 Å². The minimum atomic E-state index is -0.934. The predicted octanol–water partition coefficient (Wildman–Crippen LogP) is 5.66. The summed E-state index contributed by atoms with van der Waals surface area (Å²) in [5.74, 6) is 0.870. The molecule has 0 bridgehead atoms. The van der Waals surface area contributed by atoms with Crippen molar-refractivity contribution < 1.29 is 14.6 Å². The molecule has 6 heteroatoms. The molecular formula is C21H31BrN2O3. The lowest BCUT2D eigenvalue weighted by Crippen LogP contribution is -2.46. The van der Waals surface area contributed by atoms with Gasteiger partial charge in [-0.05, 0) is 101 Å². The molecular weight excluding hydrogens is 408 g/mol. The van der Waals surface area contributed by atoms with Crippen LogP contribution in [0.2, 0.25) is 0 Å². The monoisotopic (exact) mass is 438 g/mol. The average Bonchev–Trinajstić information content (AvgIpc) is 3.12.